The van der Waals surface area contributed by atoms with Crippen LogP contribution in [-0.4, -0.2) is 31.7 Å². The zero-order valence-electron chi connectivity index (χ0n) is 9.84. The minimum absolute atomic E-state index is 0.417. The summed E-state index contributed by atoms with van der Waals surface area (Å²) in [6.45, 7) is 1.49. The second-order valence-electron chi connectivity index (χ2n) is 3.97. The summed E-state index contributed by atoms with van der Waals surface area (Å²) >= 11 is 5.68. The van der Waals surface area contributed by atoms with Crippen LogP contribution in [0.2, 0.25) is 5.15 Å². The molecule has 0 aliphatic heterocycles. The Labute approximate surface area is 105 Å². The Hall–Kier alpha value is -1.46. The maximum Gasteiger partial charge on any atom is 0.151 e. The number of nitrogens with zero attached hydrogens (tertiary/aromatic N) is 5. The van der Waals surface area contributed by atoms with Crippen molar-refractivity contribution in [2.45, 2.75) is 13.1 Å². The fraction of sp³-hybridized carbons (Fsp3) is 0.364. The molecular weight excluding hydrogens is 238 g/mol. The minimum atomic E-state index is 0.417. The number of hydrogen-bond donors (Lipinski definition) is 0. The SMILES string of the molecule is CN(Cc1ccc(Cl)nn1)Cc1nccn1C. The summed E-state index contributed by atoms with van der Waals surface area (Å²) in [7, 11) is 4.00. The van der Waals surface area contributed by atoms with E-state index in [1.807, 2.05) is 30.9 Å². The molecule has 2 aromatic heterocycles. The highest BCUT2D eigenvalue weighted by Crippen LogP contribution is 2.06. The van der Waals surface area contributed by atoms with Crippen molar-refractivity contribution in [1.82, 2.24) is 24.6 Å². The lowest BCUT2D eigenvalue weighted by Gasteiger charge is -2.15. The Morgan fingerprint density at radius 2 is 2.12 bits per heavy atom. The second-order valence-corrected chi connectivity index (χ2v) is 4.36. The zero-order chi connectivity index (χ0) is 12.3. The predicted octanol–water partition coefficient (Wildman–Crippen LogP) is 1.50. The first kappa shape index (κ1) is 12.0. The molecule has 0 saturated heterocycles. The monoisotopic (exact) mass is 251 g/mol. The molecule has 17 heavy (non-hydrogen) atoms. The molecule has 0 amide bonds. The molecule has 6 heteroatoms. The van der Waals surface area contributed by atoms with E-state index in [1.165, 1.54) is 0 Å². The molecule has 0 fully saturated rings. The van der Waals surface area contributed by atoms with Crippen LogP contribution in [-0.2, 0) is 20.1 Å². The van der Waals surface area contributed by atoms with E-state index < -0.39 is 0 Å². The molecule has 2 heterocycles. The Balaban J connectivity index is 1.95. The first-order valence-corrected chi connectivity index (χ1v) is 5.66. The van der Waals surface area contributed by atoms with Gasteiger partial charge in [0.15, 0.2) is 5.15 Å². The third-order valence-corrected chi connectivity index (χ3v) is 2.65. The Kier molecular flexibility index (Phi) is 3.71. The number of aryl methyl sites for hydroxylation is 1. The largest absolute Gasteiger partial charge is 0.337 e. The molecular formula is C11H14ClN5. The summed E-state index contributed by atoms with van der Waals surface area (Å²) in [5, 5.41) is 8.25. The van der Waals surface area contributed by atoms with Gasteiger partial charge in [-0.25, -0.2) is 4.98 Å². The van der Waals surface area contributed by atoms with Gasteiger partial charge in [-0.05, 0) is 19.2 Å². The molecule has 0 saturated carbocycles. The molecule has 0 spiro atoms. The molecule has 0 aliphatic carbocycles. The topological polar surface area (TPSA) is 46.8 Å². The molecule has 2 aromatic rings. The van der Waals surface area contributed by atoms with Crippen LogP contribution in [0.25, 0.3) is 0 Å². The highest BCUT2D eigenvalue weighted by molar-refractivity contribution is 6.29. The average molecular weight is 252 g/mol. The van der Waals surface area contributed by atoms with Crippen LogP contribution >= 0.6 is 11.6 Å². The van der Waals surface area contributed by atoms with Gasteiger partial charge in [-0.3, -0.25) is 4.90 Å². The molecule has 0 aliphatic rings. The molecule has 0 unspecified atom stereocenters. The molecule has 2 rings (SSSR count). The fourth-order valence-electron chi connectivity index (χ4n) is 1.55. The van der Waals surface area contributed by atoms with Crippen LogP contribution in [0, 0.1) is 0 Å². The quantitative estimate of drug-likeness (QED) is 0.826. The van der Waals surface area contributed by atoms with Gasteiger partial charge < -0.3 is 4.57 Å². The van der Waals surface area contributed by atoms with Crippen LogP contribution in [0.1, 0.15) is 11.5 Å². The zero-order valence-corrected chi connectivity index (χ0v) is 10.6. The van der Waals surface area contributed by atoms with E-state index in [4.69, 9.17) is 11.6 Å². The van der Waals surface area contributed by atoms with Crippen molar-refractivity contribution in [2.24, 2.45) is 7.05 Å². The Morgan fingerprint density at radius 3 is 2.71 bits per heavy atom. The third-order valence-electron chi connectivity index (χ3n) is 2.45. The molecule has 0 radical (unpaired) electrons. The van der Waals surface area contributed by atoms with Gasteiger partial charge in [0.05, 0.1) is 12.2 Å². The van der Waals surface area contributed by atoms with E-state index in [0.717, 1.165) is 24.6 Å². The average Bonchev–Trinajstić information content (AvgIpc) is 2.68. The van der Waals surface area contributed by atoms with E-state index in [1.54, 1.807) is 12.3 Å². The van der Waals surface area contributed by atoms with E-state index in [0.29, 0.717) is 5.15 Å². The Bertz CT molecular complexity index is 479. The number of imidazole rings is 1. The lowest BCUT2D eigenvalue weighted by atomic mass is 10.3. The first-order chi connectivity index (χ1) is 8.15. The van der Waals surface area contributed by atoms with Crippen LogP contribution in [0.3, 0.4) is 0 Å². The molecule has 0 atom stereocenters. The van der Waals surface area contributed by atoms with Crippen molar-refractivity contribution in [3.8, 4) is 0 Å². The fourth-order valence-corrected chi connectivity index (χ4v) is 1.65. The van der Waals surface area contributed by atoms with Gasteiger partial charge in [0.25, 0.3) is 0 Å². The normalized spacial score (nSPS) is 11.1. The lowest BCUT2D eigenvalue weighted by Crippen LogP contribution is -2.20. The number of hydrogen-bond acceptors (Lipinski definition) is 4. The van der Waals surface area contributed by atoms with Crippen molar-refractivity contribution in [3.05, 3.63) is 41.2 Å². The van der Waals surface area contributed by atoms with Crippen molar-refractivity contribution in [2.75, 3.05) is 7.05 Å². The van der Waals surface area contributed by atoms with Crippen molar-refractivity contribution in [1.29, 1.82) is 0 Å². The summed E-state index contributed by atoms with van der Waals surface area (Å²) < 4.78 is 2.00. The van der Waals surface area contributed by atoms with Crippen molar-refractivity contribution >= 4 is 11.6 Å². The molecule has 0 bridgehead atoms. The molecule has 0 N–H and O–H groups in total. The molecule has 90 valence electrons. The summed E-state index contributed by atoms with van der Waals surface area (Å²) in [6.07, 6.45) is 3.73. The molecule has 0 aromatic carbocycles. The Morgan fingerprint density at radius 1 is 1.29 bits per heavy atom. The van der Waals surface area contributed by atoms with Crippen LogP contribution in [0.5, 0.6) is 0 Å². The summed E-state index contributed by atoms with van der Waals surface area (Å²) in [6, 6.07) is 3.63. The standard InChI is InChI=1S/C11H14ClN5/c1-16(8-11-13-5-6-17(11)2)7-9-3-4-10(12)15-14-9/h3-6H,7-8H2,1-2H3. The minimum Gasteiger partial charge on any atom is -0.337 e. The van der Waals surface area contributed by atoms with E-state index in [2.05, 4.69) is 20.1 Å². The highest BCUT2D eigenvalue weighted by Gasteiger charge is 2.06. The van der Waals surface area contributed by atoms with Gasteiger partial charge in [-0.1, -0.05) is 11.6 Å². The van der Waals surface area contributed by atoms with E-state index >= 15 is 0 Å². The number of aromatic nitrogens is 4. The highest BCUT2D eigenvalue weighted by atomic mass is 35.5. The predicted molar refractivity (Wildman–Crippen MR) is 65.4 cm³/mol. The smallest absolute Gasteiger partial charge is 0.151 e. The van der Waals surface area contributed by atoms with Gasteiger partial charge in [0.2, 0.25) is 0 Å². The summed E-state index contributed by atoms with van der Waals surface area (Å²) in [5.74, 6) is 1.02. The summed E-state index contributed by atoms with van der Waals surface area (Å²) in [4.78, 5) is 6.40. The van der Waals surface area contributed by atoms with Gasteiger partial charge >= 0.3 is 0 Å². The summed E-state index contributed by atoms with van der Waals surface area (Å²) in [5.41, 5.74) is 0.895. The molecule has 5 nitrogen and oxygen atoms in total. The van der Waals surface area contributed by atoms with Crippen molar-refractivity contribution < 1.29 is 0 Å². The lowest BCUT2D eigenvalue weighted by molar-refractivity contribution is 0.302. The number of halogens is 1. The van der Waals surface area contributed by atoms with Gasteiger partial charge in [0, 0.05) is 26.0 Å². The van der Waals surface area contributed by atoms with E-state index in [-0.39, 0.29) is 0 Å². The number of rotatable bonds is 4. The van der Waals surface area contributed by atoms with Crippen LogP contribution < -0.4 is 0 Å². The first-order valence-electron chi connectivity index (χ1n) is 5.28. The van der Waals surface area contributed by atoms with Gasteiger partial charge in [-0.15, -0.1) is 5.10 Å². The second kappa shape index (κ2) is 5.25. The third kappa shape index (κ3) is 3.25. The maximum atomic E-state index is 5.68. The van der Waals surface area contributed by atoms with Crippen LogP contribution in [0.4, 0.5) is 0 Å². The van der Waals surface area contributed by atoms with Gasteiger partial charge in [-0.2, -0.15) is 5.10 Å². The van der Waals surface area contributed by atoms with Gasteiger partial charge in [0.1, 0.15) is 5.82 Å². The van der Waals surface area contributed by atoms with Crippen molar-refractivity contribution in [3.63, 3.8) is 0 Å². The maximum absolute atomic E-state index is 5.68. The van der Waals surface area contributed by atoms with E-state index in [9.17, 15) is 0 Å². The van der Waals surface area contributed by atoms with Crippen LogP contribution in [0.15, 0.2) is 24.5 Å².